The van der Waals surface area contributed by atoms with E-state index in [4.69, 9.17) is 15.3 Å². The highest BCUT2D eigenvalue weighted by atomic mass is 32.2. The summed E-state index contributed by atoms with van der Waals surface area (Å²) in [5, 5.41) is 11.5. The van der Waals surface area contributed by atoms with Crippen LogP contribution in [-0.2, 0) is 8.98 Å². The first-order valence-corrected chi connectivity index (χ1v) is 9.76. The molecule has 5 nitrogen and oxygen atoms in total. The van der Waals surface area contributed by atoms with Crippen LogP contribution in [0, 0.1) is 5.41 Å². The van der Waals surface area contributed by atoms with Crippen molar-refractivity contribution in [2.24, 2.45) is 0 Å². The number of nitrogens with one attached hydrogen (secondary N) is 2. The summed E-state index contributed by atoms with van der Waals surface area (Å²) >= 11 is 1.24. The number of amides is 1. The summed E-state index contributed by atoms with van der Waals surface area (Å²) in [6.07, 6.45) is 8.51. The van der Waals surface area contributed by atoms with E-state index in [9.17, 15) is 4.79 Å². The minimum atomic E-state index is -0.0847. The van der Waals surface area contributed by atoms with E-state index in [1.165, 1.54) is 12.0 Å². The summed E-state index contributed by atoms with van der Waals surface area (Å²) in [7, 11) is 1.60. The second-order valence-corrected chi connectivity index (χ2v) is 7.41. The van der Waals surface area contributed by atoms with Gasteiger partial charge in [0.25, 0.3) is 0 Å². The third-order valence-corrected chi connectivity index (χ3v) is 4.96. The molecule has 0 spiro atoms. The number of carbonyl (C=O) groups is 1. The predicted molar refractivity (Wildman–Crippen MR) is 116 cm³/mol. The van der Waals surface area contributed by atoms with Crippen molar-refractivity contribution in [2.45, 2.75) is 24.2 Å². The van der Waals surface area contributed by atoms with Crippen molar-refractivity contribution in [3.63, 3.8) is 0 Å². The average molecular weight is 394 g/mol. The van der Waals surface area contributed by atoms with Crippen molar-refractivity contribution in [3.8, 4) is 0 Å². The Hall–Kier alpha value is -2.83. The van der Waals surface area contributed by atoms with Crippen molar-refractivity contribution in [1.82, 2.24) is 0 Å². The number of anilines is 2. The lowest BCUT2D eigenvalue weighted by atomic mass is 10.00. The number of carbonyl (C=O) groups excluding carboxylic acids is 1. The minimum absolute atomic E-state index is 0.0847. The topological polar surface area (TPSA) is 88.2 Å². The van der Waals surface area contributed by atoms with Crippen molar-refractivity contribution in [3.05, 3.63) is 77.4 Å². The van der Waals surface area contributed by atoms with Gasteiger partial charge in [0.2, 0.25) is 5.91 Å². The normalized spacial score (nSPS) is 13.1. The Bertz CT molecular complexity index is 951. The van der Waals surface area contributed by atoms with Gasteiger partial charge in [-0.05, 0) is 48.7 Å². The highest BCUT2D eigenvalue weighted by Gasteiger charge is 2.12. The van der Waals surface area contributed by atoms with E-state index in [2.05, 4.69) is 17.5 Å². The van der Waals surface area contributed by atoms with Crippen LogP contribution >= 0.6 is 12.0 Å². The first kappa shape index (κ1) is 19.9. The molecule has 0 bridgehead atoms. The number of nitrogens with two attached hydrogens (primary N) is 1. The highest BCUT2D eigenvalue weighted by Crippen LogP contribution is 2.25. The van der Waals surface area contributed by atoms with Crippen LogP contribution in [0.15, 0.2) is 71.2 Å². The third kappa shape index (κ3) is 5.12. The maximum absolute atomic E-state index is 12.3. The molecular weight excluding hydrogens is 370 g/mol. The van der Waals surface area contributed by atoms with Gasteiger partial charge in [-0.25, -0.2) is 0 Å². The number of hydrogen-bond acceptors (Lipinski definition) is 5. The lowest BCUT2D eigenvalue weighted by Gasteiger charge is -2.13. The van der Waals surface area contributed by atoms with Crippen LogP contribution < -0.4 is 11.1 Å². The van der Waals surface area contributed by atoms with Crippen LogP contribution in [0.2, 0.25) is 0 Å². The molecule has 3 rings (SSSR count). The molecule has 0 radical (unpaired) electrons. The molecule has 0 atom stereocenters. The molecule has 2 aromatic carbocycles. The summed E-state index contributed by atoms with van der Waals surface area (Å²) in [4.78, 5) is 13.3. The Morgan fingerprint density at radius 3 is 2.86 bits per heavy atom. The largest absolute Gasteiger partial charge is 0.398 e. The van der Waals surface area contributed by atoms with Gasteiger partial charge in [-0.1, -0.05) is 30.4 Å². The third-order valence-electron chi connectivity index (χ3n) is 4.35. The summed E-state index contributed by atoms with van der Waals surface area (Å²) in [5.74, 6) is -0.0847. The number of nitrogen functional groups attached to an aromatic ring is 1. The van der Waals surface area contributed by atoms with E-state index >= 15 is 0 Å². The molecule has 0 saturated carbocycles. The average Bonchev–Trinajstić information content (AvgIpc) is 2.70. The molecule has 0 unspecified atom stereocenters. The molecule has 0 saturated heterocycles. The lowest BCUT2D eigenvalue weighted by Crippen LogP contribution is -2.13. The van der Waals surface area contributed by atoms with Gasteiger partial charge >= 0.3 is 0 Å². The van der Waals surface area contributed by atoms with Crippen molar-refractivity contribution >= 4 is 35.0 Å². The molecule has 28 heavy (non-hydrogen) atoms. The zero-order valence-electron chi connectivity index (χ0n) is 15.7. The Morgan fingerprint density at radius 1 is 1.25 bits per heavy atom. The first-order valence-electron chi connectivity index (χ1n) is 9.02. The van der Waals surface area contributed by atoms with Gasteiger partial charge in [0, 0.05) is 39.4 Å². The van der Waals surface area contributed by atoms with Gasteiger partial charge in [-0.2, -0.15) is 0 Å². The van der Waals surface area contributed by atoms with Gasteiger partial charge < -0.3 is 15.2 Å². The number of hydrogen-bond donors (Lipinski definition) is 3. The highest BCUT2D eigenvalue weighted by molar-refractivity contribution is 7.94. The van der Waals surface area contributed by atoms with Crippen molar-refractivity contribution in [2.75, 3.05) is 18.2 Å². The molecule has 4 N–H and O–H groups in total. The van der Waals surface area contributed by atoms with Crippen LogP contribution in [-0.4, -0.2) is 18.7 Å². The van der Waals surface area contributed by atoms with Gasteiger partial charge in [-0.3, -0.25) is 10.2 Å². The number of rotatable bonds is 7. The van der Waals surface area contributed by atoms with Gasteiger partial charge in [0.05, 0.1) is 19.2 Å². The molecule has 1 aliphatic carbocycles. The van der Waals surface area contributed by atoms with E-state index in [-0.39, 0.29) is 5.91 Å². The van der Waals surface area contributed by atoms with E-state index in [1.807, 2.05) is 30.3 Å². The smallest absolute Gasteiger partial charge is 0.228 e. The van der Waals surface area contributed by atoms with Gasteiger partial charge in [0.1, 0.15) is 0 Å². The van der Waals surface area contributed by atoms with Crippen LogP contribution in [0.3, 0.4) is 0 Å². The molecule has 1 amide bonds. The summed E-state index contributed by atoms with van der Waals surface area (Å²) in [5.41, 5.74) is 9.85. The van der Waals surface area contributed by atoms with Crippen LogP contribution in [0.4, 0.5) is 11.4 Å². The maximum Gasteiger partial charge on any atom is 0.228 e. The fraction of sp³-hybridized carbons (Fsp3) is 0.182. The maximum atomic E-state index is 12.3. The predicted octanol–water partition coefficient (Wildman–Crippen LogP) is 4.94. The Balaban J connectivity index is 1.76. The van der Waals surface area contributed by atoms with E-state index in [0.717, 1.165) is 28.9 Å². The fourth-order valence-electron chi connectivity index (χ4n) is 3.00. The fourth-order valence-corrected chi connectivity index (χ4v) is 3.50. The standard InChI is InChI=1S/C22H23N3O2S/c1-27-28-18-9-5-8-16(13-18)22(24)19-14-17(10-11-20(19)23)25-21(26)12-15-6-3-2-4-7-15/h3,5-11,13-14,24H,2,4,12,23H2,1H3,(H,25,26). The molecular formula is C22H23N3O2S. The molecule has 0 aliphatic heterocycles. The Labute approximate surface area is 169 Å². The quantitative estimate of drug-likeness (QED) is 0.353. The van der Waals surface area contributed by atoms with E-state index in [1.54, 1.807) is 25.3 Å². The summed E-state index contributed by atoms with van der Waals surface area (Å²) in [6.45, 7) is 0. The second kappa shape index (κ2) is 9.39. The number of benzene rings is 2. The molecule has 0 aromatic heterocycles. The van der Waals surface area contributed by atoms with Crippen molar-refractivity contribution < 1.29 is 8.98 Å². The Morgan fingerprint density at radius 2 is 2.11 bits per heavy atom. The number of allylic oxidation sites excluding steroid dienone is 3. The summed E-state index contributed by atoms with van der Waals surface area (Å²) < 4.78 is 5.08. The SMILES string of the molecule is COSc1cccc(C(=N)c2cc(NC(=O)CC3=CCCC=C3)ccc2N)c1. The van der Waals surface area contributed by atoms with Crippen LogP contribution in [0.25, 0.3) is 0 Å². The van der Waals surface area contributed by atoms with Crippen LogP contribution in [0.5, 0.6) is 0 Å². The Kier molecular flexibility index (Phi) is 6.68. The van der Waals surface area contributed by atoms with E-state index < -0.39 is 0 Å². The zero-order valence-corrected chi connectivity index (χ0v) is 16.5. The van der Waals surface area contributed by atoms with Gasteiger partial charge in [0.15, 0.2) is 0 Å². The molecule has 1 aliphatic rings. The van der Waals surface area contributed by atoms with Crippen LogP contribution in [0.1, 0.15) is 30.4 Å². The van der Waals surface area contributed by atoms with Gasteiger partial charge in [-0.15, -0.1) is 0 Å². The zero-order chi connectivity index (χ0) is 19.9. The molecule has 0 fully saturated rings. The van der Waals surface area contributed by atoms with E-state index in [0.29, 0.717) is 29.1 Å². The molecule has 6 heteroatoms. The second-order valence-electron chi connectivity index (χ2n) is 6.44. The molecule has 0 heterocycles. The first-order chi connectivity index (χ1) is 13.6. The molecule has 144 valence electrons. The molecule has 2 aromatic rings. The monoisotopic (exact) mass is 393 g/mol. The lowest BCUT2D eigenvalue weighted by molar-refractivity contribution is -0.115. The van der Waals surface area contributed by atoms with Crippen molar-refractivity contribution in [1.29, 1.82) is 5.41 Å². The summed E-state index contributed by atoms with van der Waals surface area (Å²) in [6, 6.07) is 12.7. The minimum Gasteiger partial charge on any atom is -0.398 e.